The van der Waals surface area contributed by atoms with Gasteiger partial charge in [0.15, 0.2) is 11.9 Å². The van der Waals surface area contributed by atoms with Crippen LogP contribution in [0, 0.1) is 5.21 Å². The van der Waals surface area contributed by atoms with Crippen molar-refractivity contribution in [1.82, 2.24) is 0 Å². The summed E-state index contributed by atoms with van der Waals surface area (Å²) in [5.41, 5.74) is 0. The minimum Gasteiger partial charge on any atom is -0.618 e. The molecule has 1 aromatic heterocycles. The van der Waals surface area contributed by atoms with Crippen molar-refractivity contribution in [3.63, 3.8) is 0 Å². The fourth-order valence-corrected chi connectivity index (χ4v) is 1.30. The van der Waals surface area contributed by atoms with Crippen LogP contribution in [0.5, 0.6) is 11.5 Å². The molecule has 0 amide bonds. The summed E-state index contributed by atoms with van der Waals surface area (Å²) in [4.78, 5) is 0. The van der Waals surface area contributed by atoms with Gasteiger partial charge in [-0.15, -0.1) is 0 Å². The Kier molecular flexibility index (Phi) is 2.75. The zero-order valence-corrected chi connectivity index (χ0v) is 8.29. The van der Waals surface area contributed by atoms with E-state index in [1.807, 2.05) is 0 Å². The van der Waals surface area contributed by atoms with Crippen molar-refractivity contribution < 1.29 is 14.2 Å². The van der Waals surface area contributed by atoms with E-state index in [9.17, 15) is 5.21 Å². The lowest BCUT2D eigenvalue weighted by atomic mass is 10.4. The lowest BCUT2D eigenvalue weighted by molar-refractivity contribution is -0.617. The van der Waals surface area contributed by atoms with Crippen molar-refractivity contribution >= 4 is 15.9 Å². The quantitative estimate of drug-likeness (QED) is 0.437. The van der Waals surface area contributed by atoms with Crippen LogP contribution in [-0.4, -0.2) is 14.2 Å². The fraction of sp³-hybridized carbons (Fsp3) is 0.286. The molecule has 0 spiro atoms. The highest BCUT2D eigenvalue weighted by molar-refractivity contribution is 9.10. The van der Waals surface area contributed by atoms with Crippen LogP contribution in [0.15, 0.2) is 16.9 Å². The van der Waals surface area contributed by atoms with E-state index in [-0.39, 0.29) is 0 Å². The van der Waals surface area contributed by atoms with Gasteiger partial charge in [0, 0.05) is 22.0 Å². The SMILES string of the molecule is COc1cc[n+]([O-])c(Br)c1OC. The molecule has 1 rings (SSSR count). The maximum Gasteiger partial charge on any atom is 0.305 e. The summed E-state index contributed by atoms with van der Waals surface area (Å²) in [6, 6.07) is 1.54. The summed E-state index contributed by atoms with van der Waals surface area (Å²) < 4.78 is 10.9. The average Bonchev–Trinajstić information content (AvgIpc) is 2.09. The van der Waals surface area contributed by atoms with Crippen molar-refractivity contribution in [3.8, 4) is 11.5 Å². The second-order valence-corrected chi connectivity index (χ2v) is 2.79. The number of aromatic nitrogens is 1. The summed E-state index contributed by atoms with van der Waals surface area (Å²) in [6.45, 7) is 0. The van der Waals surface area contributed by atoms with E-state index in [2.05, 4.69) is 15.9 Å². The van der Waals surface area contributed by atoms with E-state index in [0.717, 1.165) is 0 Å². The Morgan fingerprint density at radius 3 is 2.58 bits per heavy atom. The highest BCUT2D eigenvalue weighted by atomic mass is 79.9. The fourth-order valence-electron chi connectivity index (χ4n) is 0.824. The van der Waals surface area contributed by atoms with Gasteiger partial charge in [0.05, 0.1) is 14.2 Å². The number of ether oxygens (including phenoxy) is 2. The molecule has 1 heterocycles. The molecule has 0 saturated carbocycles. The van der Waals surface area contributed by atoms with E-state index >= 15 is 0 Å². The third kappa shape index (κ3) is 1.45. The Morgan fingerprint density at radius 2 is 2.08 bits per heavy atom. The number of rotatable bonds is 2. The first-order valence-corrected chi connectivity index (χ1v) is 3.99. The number of hydrogen-bond acceptors (Lipinski definition) is 3. The van der Waals surface area contributed by atoms with Crippen LogP contribution in [0.25, 0.3) is 0 Å². The second-order valence-electron chi connectivity index (χ2n) is 2.03. The van der Waals surface area contributed by atoms with Gasteiger partial charge in [-0.05, 0) is 0 Å². The van der Waals surface area contributed by atoms with E-state index < -0.39 is 0 Å². The van der Waals surface area contributed by atoms with Crippen molar-refractivity contribution in [2.45, 2.75) is 0 Å². The molecular formula is C7H8BrNO3. The normalized spacial score (nSPS) is 9.58. The first-order valence-electron chi connectivity index (χ1n) is 3.20. The van der Waals surface area contributed by atoms with Crippen molar-refractivity contribution in [3.05, 3.63) is 22.1 Å². The van der Waals surface area contributed by atoms with Gasteiger partial charge in [-0.2, -0.15) is 4.73 Å². The minimum absolute atomic E-state index is 0.310. The van der Waals surface area contributed by atoms with Crippen LogP contribution < -0.4 is 14.2 Å². The Balaban J connectivity index is 3.25. The first-order chi connectivity index (χ1) is 5.70. The van der Waals surface area contributed by atoms with Crippen LogP contribution in [0.2, 0.25) is 0 Å². The predicted octanol–water partition coefficient (Wildman–Crippen LogP) is 1.10. The van der Waals surface area contributed by atoms with Gasteiger partial charge in [-0.1, -0.05) is 0 Å². The molecule has 12 heavy (non-hydrogen) atoms. The number of hydrogen-bond donors (Lipinski definition) is 0. The third-order valence-corrected chi connectivity index (χ3v) is 2.10. The molecule has 0 saturated heterocycles. The highest BCUT2D eigenvalue weighted by Gasteiger charge is 2.15. The van der Waals surface area contributed by atoms with Crippen LogP contribution >= 0.6 is 15.9 Å². The number of halogens is 1. The summed E-state index contributed by atoms with van der Waals surface area (Å²) in [6.07, 6.45) is 1.34. The maximum atomic E-state index is 11.0. The Morgan fingerprint density at radius 1 is 1.42 bits per heavy atom. The molecule has 0 fully saturated rings. The topological polar surface area (TPSA) is 45.4 Å². The number of nitrogens with zero attached hydrogens (tertiary/aromatic N) is 1. The number of pyridine rings is 1. The molecule has 0 N–H and O–H groups in total. The van der Waals surface area contributed by atoms with Crippen molar-refractivity contribution in [2.24, 2.45) is 0 Å². The largest absolute Gasteiger partial charge is 0.618 e. The molecule has 5 heteroatoms. The van der Waals surface area contributed by atoms with Crippen LogP contribution in [-0.2, 0) is 0 Å². The van der Waals surface area contributed by atoms with Gasteiger partial charge < -0.3 is 14.7 Å². The van der Waals surface area contributed by atoms with Crippen molar-refractivity contribution in [1.29, 1.82) is 0 Å². The van der Waals surface area contributed by atoms with Gasteiger partial charge in [-0.25, -0.2) is 0 Å². The van der Waals surface area contributed by atoms with Crippen LogP contribution in [0.1, 0.15) is 0 Å². The smallest absolute Gasteiger partial charge is 0.305 e. The molecule has 0 unspecified atom stereocenters. The summed E-state index contributed by atoms with van der Waals surface area (Å²) >= 11 is 3.08. The second kappa shape index (κ2) is 3.62. The number of methoxy groups -OCH3 is 2. The average molecular weight is 234 g/mol. The molecule has 1 aromatic rings. The molecule has 0 radical (unpaired) electrons. The molecular weight excluding hydrogens is 226 g/mol. The molecule has 0 aliphatic heterocycles. The van der Waals surface area contributed by atoms with Gasteiger partial charge in [-0.3, -0.25) is 0 Å². The molecule has 66 valence electrons. The monoisotopic (exact) mass is 233 g/mol. The van der Waals surface area contributed by atoms with Gasteiger partial charge in [0.2, 0.25) is 5.75 Å². The lowest BCUT2D eigenvalue weighted by Crippen LogP contribution is -2.27. The zero-order chi connectivity index (χ0) is 9.14. The molecule has 0 aliphatic rings. The first kappa shape index (κ1) is 9.12. The Labute approximate surface area is 78.4 Å². The molecule has 0 bridgehead atoms. The van der Waals surface area contributed by atoms with E-state index in [1.165, 1.54) is 26.5 Å². The van der Waals surface area contributed by atoms with Crippen LogP contribution in [0.3, 0.4) is 0 Å². The standard InChI is InChI=1S/C7H8BrNO3/c1-11-5-3-4-9(10)7(8)6(5)12-2/h3-4H,1-2H3. The zero-order valence-electron chi connectivity index (χ0n) is 6.70. The van der Waals surface area contributed by atoms with Gasteiger partial charge in [0.1, 0.15) is 0 Å². The minimum atomic E-state index is 0.310. The molecule has 0 aliphatic carbocycles. The maximum absolute atomic E-state index is 11.0. The highest BCUT2D eigenvalue weighted by Crippen LogP contribution is 2.31. The lowest BCUT2D eigenvalue weighted by Gasteiger charge is -2.07. The van der Waals surface area contributed by atoms with Crippen molar-refractivity contribution in [2.75, 3.05) is 14.2 Å². The Hall–Kier alpha value is -0.970. The molecule has 0 aromatic carbocycles. The predicted molar refractivity (Wildman–Crippen MR) is 46.2 cm³/mol. The summed E-state index contributed by atoms with van der Waals surface area (Å²) in [5, 5.41) is 11.0. The van der Waals surface area contributed by atoms with Gasteiger partial charge >= 0.3 is 4.60 Å². The van der Waals surface area contributed by atoms with E-state index in [4.69, 9.17) is 9.47 Å². The molecule has 0 atom stereocenters. The van der Waals surface area contributed by atoms with E-state index in [1.54, 1.807) is 0 Å². The van der Waals surface area contributed by atoms with Crippen LogP contribution in [0.4, 0.5) is 0 Å². The summed E-state index contributed by atoms with van der Waals surface area (Å²) in [7, 11) is 2.99. The molecule has 4 nitrogen and oxygen atoms in total. The third-order valence-electron chi connectivity index (χ3n) is 1.39. The van der Waals surface area contributed by atoms with Gasteiger partial charge in [0.25, 0.3) is 0 Å². The summed E-state index contributed by atoms with van der Waals surface area (Å²) in [5.74, 6) is 0.923. The Bertz CT molecular complexity index is 290. The van der Waals surface area contributed by atoms with E-state index in [0.29, 0.717) is 20.8 Å².